The van der Waals surface area contributed by atoms with Crippen molar-refractivity contribution in [3.8, 4) is 6.07 Å². The molecule has 1 fully saturated rings. The molecular weight excluding hydrogens is 400 g/mol. The first kappa shape index (κ1) is 21.6. The van der Waals surface area contributed by atoms with E-state index in [1.165, 1.54) is 0 Å². The minimum atomic E-state index is -0.860. The lowest BCUT2D eigenvalue weighted by molar-refractivity contribution is -0.143. The van der Waals surface area contributed by atoms with Crippen LogP contribution in [0.2, 0.25) is 5.02 Å². The summed E-state index contributed by atoms with van der Waals surface area (Å²) in [6.45, 7) is -0.442. The first-order valence-electron chi connectivity index (χ1n) is 9.93. The maximum absolute atomic E-state index is 12.8. The fraction of sp³-hybridized carbons (Fsp3) is 0.292. The molecule has 1 amide bonds. The van der Waals surface area contributed by atoms with E-state index in [9.17, 15) is 14.9 Å². The summed E-state index contributed by atoms with van der Waals surface area (Å²) < 4.78 is 5.29. The molecule has 154 valence electrons. The van der Waals surface area contributed by atoms with Crippen LogP contribution in [-0.4, -0.2) is 24.0 Å². The number of nitrogens with one attached hydrogen (secondary N) is 1. The molecule has 0 aliphatic heterocycles. The van der Waals surface area contributed by atoms with Gasteiger partial charge < -0.3 is 10.1 Å². The standard InChI is InChI=1S/C24H23ClN2O3/c25-20-11-9-19(10-12-20)21(15-18-7-3-1-4-8-18)23(29)30-16-22(28)27-24(17-26)13-5-2-6-14-24/h1,3-4,7-12,15H,2,5-6,13-14,16H2,(H,27,28)/b21-15+. The smallest absolute Gasteiger partial charge is 0.339 e. The summed E-state index contributed by atoms with van der Waals surface area (Å²) in [5.74, 6) is -1.09. The molecule has 0 saturated heterocycles. The van der Waals surface area contributed by atoms with Crippen molar-refractivity contribution < 1.29 is 14.3 Å². The van der Waals surface area contributed by atoms with Gasteiger partial charge in [-0.15, -0.1) is 0 Å². The molecule has 6 heteroatoms. The summed E-state index contributed by atoms with van der Waals surface area (Å²) in [7, 11) is 0. The van der Waals surface area contributed by atoms with E-state index < -0.39 is 24.0 Å². The van der Waals surface area contributed by atoms with Crippen molar-refractivity contribution in [1.82, 2.24) is 5.32 Å². The zero-order chi connectivity index (χ0) is 21.4. The Morgan fingerprint density at radius 2 is 1.73 bits per heavy atom. The summed E-state index contributed by atoms with van der Waals surface area (Å²) in [6, 6.07) is 18.4. The molecular formula is C24H23ClN2O3. The van der Waals surface area contributed by atoms with E-state index in [2.05, 4.69) is 11.4 Å². The Kier molecular flexibility index (Phi) is 7.26. The number of nitriles is 1. The Morgan fingerprint density at radius 3 is 2.37 bits per heavy atom. The number of esters is 1. The summed E-state index contributed by atoms with van der Waals surface area (Å²) >= 11 is 5.96. The molecule has 0 spiro atoms. The molecule has 1 aliphatic carbocycles. The highest BCUT2D eigenvalue weighted by molar-refractivity contribution is 6.30. The maximum Gasteiger partial charge on any atom is 0.339 e. The monoisotopic (exact) mass is 422 g/mol. The second kappa shape index (κ2) is 10.1. The first-order valence-corrected chi connectivity index (χ1v) is 10.3. The maximum atomic E-state index is 12.8. The number of hydrogen-bond donors (Lipinski definition) is 1. The molecule has 1 aliphatic rings. The predicted octanol–water partition coefficient (Wildman–Crippen LogP) is 4.77. The van der Waals surface area contributed by atoms with Gasteiger partial charge in [-0.3, -0.25) is 4.79 Å². The van der Waals surface area contributed by atoms with Crippen molar-refractivity contribution in [3.05, 3.63) is 70.7 Å². The van der Waals surface area contributed by atoms with Crippen LogP contribution >= 0.6 is 11.6 Å². The third-order valence-electron chi connectivity index (χ3n) is 5.12. The van der Waals surface area contributed by atoms with Crippen molar-refractivity contribution in [2.24, 2.45) is 0 Å². The third kappa shape index (κ3) is 5.71. The van der Waals surface area contributed by atoms with Crippen LogP contribution in [-0.2, 0) is 14.3 Å². The molecule has 0 atom stereocenters. The van der Waals surface area contributed by atoms with Gasteiger partial charge in [0.05, 0.1) is 11.6 Å². The van der Waals surface area contributed by atoms with Crippen LogP contribution in [0.15, 0.2) is 54.6 Å². The molecule has 0 unspecified atom stereocenters. The van der Waals surface area contributed by atoms with Crippen LogP contribution < -0.4 is 5.32 Å². The normalized spacial score (nSPS) is 15.7. The largest absolute Gasteiger partial charge is 0.452 e. The van der Waals surface area contributed by atoms with Gasteiger partial charge in [0.1, 0.15) is 5.54 Å². The molecule has 3 rings (SSSR count). The van der Waals surface area contributed by atoms with Gasteiger partial charge in [0.15, 0.2) is 6.61 Å². The van der Waals surface area contributed by atoms with E-state index in [4.69, 9.17) is 16.3 Å². The third-order valence-corrected chi connectivity index (χ3v) is 5.37. The average Bonchev–Trinajstić information content (AvgIpc) is 2.78. The Labute approximate surface area is 181 Å². The Balaban J connectivity index is 1.72. The summed E-state index contributed by atoms with van der Waals surface area (Å²) in [4.78, 5) is 25.2. The van der Waals surface area contributed by atoms with Crippen molar-refractivity contribution in [3.63, 3.8) is 0 Å². The minimum Gasteiger partial charge on any atom is -0.452 e. The van der Waals surface area contributed by atoms with Crippen molar-refractivity contribution in [2.45, 2.75) is 37.6 Å². The van der Waals surface area contributed by atoms with Gasteiger partial charge in [0.2, 0.25) is 0 Å². The van der Waals surface area contributed by atoms with Crippen molar-refractivity contribution in [1.29, 1.82) is 5.26 Å². The predicted molar refractivity (Wildman–Crippen MR) is 116 cm³/mol. The van der Waals surface area contributed by atoms with Crippen LogP contribution in [0.25, 0.3) is 11.6 Å². The summed E-state index contributed by atoms with van der Waals surface area (Å²) in [6.07, 6.45) is 5.80. The molecule has 0 aromatic heterocycles. The fourth-order valence-electron chi connectivity index (χ4n) is 3.54. The number of nitrogens with zero attached hydrogens (tertiary/aromatic N) is 1. The van der Waals surface area contributed by atoms with E-state index in [0.717, 1.165) is 24.8 Å². The van der Waals surface area contributed by atoms with E-state index in [-0.39, 0.29) is 0 Å². The lowest BCUT2D eigenvalue weighted by Gasteiger charge is -2.31. The molecule has 0 radical (unpaired) electrons. The van der Waals surface area contributed by atoms with Crippen LogP contribution in [0.4, 0.5) is 0 Å². The molecule has 0 bridgehead atoms. The molecule has 0 heterocycles. The minimum absolute atomic E-state index is 0.318. The van der Waals surface area contributed by atoms with Crippen LogP contribution in [0.1, 0.15) is 43.2 Å². The van der Waals surface area contributed by atoms with Crippen LogP contribution in [0.3, 0.4) is 0 Å². The number of hydrogen-bond acceptors (Lipinski definition) is 4. The zero-order valence-corrected chi connectivity index (χ0v) is 17.3. The number of halogens is 1. The highest BCUT2D eigenvalue weighted by atomic mass is 35.5. The van der Waals surface area contributed by atoms with E-state index in [0.29, 0.717) is 29.0 Å². The number of rotatable bonds is 6. The second-order valence-corrected chi connectivity index (χ2v) is 7.79. The summed E-state index contributed by atoms with van der Waals surface area (Å²) in [5.41, 5.74) is 0.919. The van der Waals surface area contributed by atoms with Crippen LogP contribution in [0, 0.1) is 11.3 Å². The first-order chi connectivity index (χ1) is 14.5. The highest BCUT2D eigenvalue weighted by Crippen LogP contribution is 2.27. The van der Waals surface area contributed by atoms with E-state index >= 15 is 0 Å². The highest BCUT2D eigenvalue weighted by Gasteiger charge is 2.33. The summed E-state index contributed by atoms with van der Waals surface area (Å²) in [5, 5.41) is 12.8. The Bertz CT molecular complexity index is 956. The molecule has 2 aromatic rings. The Morgan fingerprint density at radius 1 is 1.07 bits per heavy atom. The zero-order valence-electron chi connectivity index (χ0n) is 16.6. The lowest BCUT2D eigenvalue weighted by Crippen LogP contribution is -2.50. The van der Waals surface area contributed by atoms with Gasteiger partial charge in [0.25, 0.3) is 5.91 Å². The number of amides is 1. The molecule has 30 heavy (non-hydrogen) atoms. The molecule has 1 N–H and O–H groups in total. The molecule has 2 aromatic carbocycles. The van der Waals surface area contributed by atoms with E-state index in [1.807, 2.05) is 30.3 Å². The van der Waals surface area contributed by atoms with Crippen molar-refractivity contribution >= 4 is 35.1 Å². The molecule has 5 nitrogen and oxygen atoms in total. The number of carbonyl (C=O) groups is 2. The topological polar surface area (TPSA) is 79.2 Å². The van der Waals surface area contributed by atoms with Gasteiger partial charge >= 0.3 is 5.97 Å². The SMILES string of the molecule is N#CC1(NC(=O)COC(=O)/C(=C/c2ccccc2)c2ccc(Cl)cc2)CCCCC1. The number of benzene rings is 2. The van der Waals surface area contributed by atoms with Gasteiger partial charge in [-0.1, -0.05) is 73.3 Å². The number of ether oxygens (including phenoxy) is 1. The van der Waals surface area contributed by atoms with Gasteiger partial charge in [-0.2, -0.15) is 5.26 Å². The molecule has 1 saturated carbocycles. The fourth-order valence-corrected chi connectivity index (χ4v) is 3.66. The number of carbonyl (C=O) groups excluding carboxylic acids is 2. The van der Waals surface area contributed by atoms with Gasteiger partial charge in [0, 0.05) is 5.02 Å². The van der Waals surface area contributed by atoms with Gasteiger partial charge in [-0.25, -0.2) is 4.79 Å². The van der Waals surface area contributed by atoms with Crippen LogP contribution in [0.5, 0.6) is 0 Å². The Hall–Kier alpha value is -3.10. The van der Waals surface area contributed by atoms with Gasteiger partial charge in [-0.05, 0) is 42.2 Å². The lowest BCUT2D eigenvalue weighted by atomic mass is 9.83. The quantitative estimate of drug-likeness (QED) is 0.413. The van der Waals surface area contributed by atoms with Crippen molar-refractivity contribution in [2.75, 3.05) is 6.61 Å². The second-order valence-electron chi connectivity index (χ2n) is 7.35. The van der Waals surface area contributed by atoms with E-state index in [1.54, 1.807) is 30.3 Å². The average molecular weight is 423 g/mol.